The molecule has 0 spiro atoms. The number of anilines is 1. The third-order valence-electron chi connectivity index (χ3n) is 2.98. The molecular weight excluding hydrogens is 381 g/mol. The van der Waals surface area contributed by atoms with Crippen molar-refractivity contribution < 1.29 is 19.0 Å². The summed E-state index contributed by atoms with van der Waals surface area (Å²) in [5.74, 6) is -0.533. The van der Waals surface area contributed by atoms with E-state index < -0.39 is 5.91 Å². The van der Waals surface area contributed by atoms with Crippen LogP contribution in [0.2, 0.25) is 0 Å². The molecule has 0 unspecified atom stereocenters. The van der Waals surface area contributed by atoms with Gasteiger partial charge in [-0.25, -0.2) is 9.82 Å². The summed E-state index contributed by atoms with van der Waals surface area (Å²) in [6.45, 7) is -0.0310. The molecule has 0 radical (unpaired) electrons. The minimum absolute atomic E-state index is 0.0310. The first-order chi connectivity index (χ1) is 11.5. The smallest absolute Gasteiger partial charge is 0.259 e. The standard InChI is InChI=1S/C16H15BrFN3O3/c1-24-14-7-11(17)6-10(16(14)23)8-20-21-15(22)9-19-13-4-2-12(18)3-5-13/h2-8,19,23H,9H2,1H3,(H,21,22)/b20-8+. The van der Waals surface area contributed by atoms with Crippen molar-refractivity contribution in [2.75, 3.05) is 19.0 Å². The van der Waals surface area contributed by atoms with E-state index in [0.29, 0.717) is 15.7 Å². The Balaban J connectivity index is 1.90. The Bertz CT molecular complexity index is 751. The number of rotatable bonds is 6. The fraction of sp³-hybridized carbons (Fsp3) is 0.125. The molecular formula is C16H15BrFN3O3. The third kappa shape index (κ3) is 4.95. The van der Waals surface area contributed by atoms with Crippen LogP contribution in [-0.2, 0) is 4.79 Å². The van der Waals surface area contributed by atoms with Gasteiger partial charge in [0.25, 0.3) is 5.91 Å². The monoisotopic (exact) mass is 395 g/mol. The van der Waals surface area contributed by atoms with Gasteiger partial charge in [-0.05, 0) is 36.4 Å². The molecule has 2 rings (SSSR count). The second-order valence-electron chi connectivity index (χ2n) is 4.70. The van der Waals surface area contributed by atoms with E-state index in [1.807, 2.05) is 0 Å². The second-order valence-corrected chi connectivity index (χ2v) is 5.62. The van der Waals surface area contributed by atoms with Crippen LogP contribution in [0.4, 0.5) is 10.1 Å². The molecule has 3 N–H and O–H groups in total. The first kappa shape index (κ1) is 17.7. The predicted molar refractivity (Wildman–Crippen MR) is 93.0 cm³/mol. The van der Waals surface area contributed by atoms with E-state index >= 15 is 0 Å². The van der Waals surface area contributed by atoms with Gasteiger partial charge in [0, 0.05) is 15.7 Å². The lowest BCUT2D eigenvalue weighted by Crippen LogP contribution is -2.25. The highest BCUT2D eigenvalue weighted by Crippen LogP contribution is 2.32. The predicted octanol–water partition coefficient (Wildman–Crippen LogP) is 2.86. The van der Waals surface area contributed by atoms with Crippen molar-refractivity contribution in [3.8, 4) is 11.5 Å². The van der Waals surface area contributed by atoms with E-state index in [9.17, 15) is 14.3 Å². The molecule has 0 heterocycles. The van der Waals surface area contributed by atoms with Crippen molar-refractivity contribution in [1.29, 1.82) is 0 Å². The average molecular weight is 396 g/mol. The van der Waals surface area contributed by atoms with E-state index in [-0.39, 0.29) is 23.9 Å². The number of ether oxygens (including phenoxy) is 1. The number of halogens is 2. The maximum absolute atomic E-state index is 12.8. The van der Waals surface area contributed by atoms with Gasteiger partial charge in [-0.1, -0.05) is 15.9 Å². The van der Waals surface area contributed by atoms with Crippen molar-refractivity contribution in [2.45, 2.75) is 0 Å². The Hall–Kier alpha value is -2.61. The van der Waals surface area contributed by atoms with Crippen molar-refractivity contribution in [3.05, 3.63) is 52.3 Å². The summed E-state index contributed by atoms with van der Waals surface area (Å²) >= 11 is 3.29. The summed E-state index contributed by atoms with van der Waals surface area (Å²) in [7, 11) is 1.44. The highest BCUT2D eigenvalue weighted by atomic mass is 79.9. The fourth-order valence-electron chi connectivity index (χ4n) is 1.81. The highest BCUT2D eigenvalue weighted by molar-refractivity contribution is 9.10. The van der Waals surface area contributed by atoms with Gasteiger partial charge in [-0.2, -0.15) is 5.10 Å². The summed E-state index contributed by atoms with van der Waals surface area (Å²) in [6.07, 6.45) is 1.30. The lowest BCUT2D eigenvalue weighted by atomic mass is 10.2. The van der Waals surface area contributed by atoms with Crippen LogP contribution in [0.3, 0.4) is 0 Å². The van der Waals surface area contributed by atoms with E-state index in [4.69, 9.17) is 4.74 Å². The molecule has 0 aromatic heterocycles. The molecule has 0 aliphatic carbocycles. The molecule has 24 heavy (non-hydrogen) atoms. The fourth-order valence-corrected chi connectivity index (χ4v) is 2.27. The number of nitrogens with one attached hydrogen (secondary N) is 2. The first-order valence-electron chi connectivity index (χ1n) is 6.87. The molecule has 8 heteroatoms. The number of benzene rings is 2. The molecule has 0 saturated heterocycles. The van der Waals surface area contributed by atoms with E-state index in [1.54, 1.807) is 12.1 Å². The number of phenolic OH excluding ortho intramolecular Hbond substituents is 1. The number of phenols is 1. The lowest BCUT2D eigenvalue weighted by molar-refractivity contribution is -0.119. The van der Waals surface area contributed by atoms with Crippen LogP contribution < -0.4 is 15.5 Å². The Morgan fingerprint density at radius 3 is 2.75 bits per heavy atom. The summed E-state index contributed by atoms with van der Waals surface area (Å²) in [6, 6.07) is 8.88. The number of hydrogen-bond donors (Lipinski definition) is 3. The molecule has 6 nitrogen and oxygen atoms in total. The maximum atomic E-state index is 12.8. The molecule has 0 saturated carbocycles. The van der Waals surface area contributed by atoms with Crippen LogP contribution >= 0.6 is 15.9 Å². The van der Waals surface area contributed by atoms with Gasteiger partial charge in [-0.3, -0.25) is 4.79 Å². The third-order valence-corrected chi connectivity index (χ3v) is 3.44. The second kappa shape index (κ2) is 8.30. The quantitative estimate of drug-likeness (QED) is 0.518. The normalized spacial score (nSPS) is 10.6. The molecule has 0 atom stereocenters. The SMILES string of the molecule is COc1cc(Br)cc(/C=N/NC(=O)CNc2ccc(F)cc2)c1O. The number of hydrazone groups is 1. The van der Waals surface area contributed by atoms with Gasteiger partial charge >= 0.3 is 0 Å². The summed E-state index contributed by atoms with van der Waals surface area (Å²) < 4.78 is 18.5. The summed E-state index contributed by atoms with van der Waals surface area (Å²) in [5, 5.41) is 16.6. The number of hydrogen-bond acceptors (Lipinski definition) is 5. The number of carbonyl (C=O) groups is 1. The molecule has 0 aliphatic rings. The number of nitrogens with zero attached hydrogens (tertiary/aromatic N) is 1. The molecule has 126 valence electrons. The Morgan fingerprint density at radius 2 is 2.08 bits per heavy atom. The minimum Gasteiger partial charge on any atom is -0.504 e. The van der Waals surface area contributed by atoms with Gasteiger partial charge in [0.1, 0.15) is 5.82 Å². The van der Waals surface area contributed by atoms with Gasteiger partial charge < -0.3 is 15.2 Å². The van der Waals surface area contributed by atoms with Gasteiger partial charge in [0.2, 0.25) is 0 Å². The molecule has 2 aromatic carbocycles. The topological polar surface area (TPSA) is 83.0 Å². The minimum atomic E-state index is -0.392. The zero-order chi connectivity index (χ0) is 17.5. The first-order valence-corrected chi connectivity index (χ1v) is 7.66. The van der Waals surface area contributed by atoms with Gasteiger partial charge in [0.15, 0.2) is 11.5 Å². The van der Waals surface area contributed by atoms with Crippen molar-refractivity contribution in [1.82, 2.24) is 5.43 Å². The van der Waals surface area contributed by atoms with Gasteiger partial charge in [0.05, 0.1) is 19.9 Å². The van der Waals surface area contributed by atoms with Crippen molar-refractivity contribution in [3.63, 3.8) is 0 Å². The van der Waals surface area contributed by atoms with Crippen LogP contribution in [0.5, 0.6) is 11.5 Å². The zero-order valence-corrected chi connectivity index (χ0v) is 14.3. The number of carbonyl (C=O) groups excluding carboxylic acids is 1. The van der Waals surface area contributed by atoms with Crippen molar-refractivity contribution >= 4 is 33.7 Å². The van der Waals surface area contributed by atoms with Crippen LogP contribution in [0.15, 0.2) is 46.0 Å². The van der Waals surface area contributed by atoms with Crippen molar-refractivity contribution in [2.24, 2.45) is 5.10 Å². The number of aromatic hydroxyl groups is 1. The average Bonchev–Trinajstić information content (AvgIpc) is 2.57. The maximum Gasteiger partial charge on any atom is 0.259 e. The van der Waals surface area contributed by atoms with Crippen LogP contribution in [0, 0.1) is 5.82 Å². The van der Waals surface area contributed by atoms with Gasteiger partial charge in [-0.15, -0.1) is 0 Å². The molecule has 0 bridgehead atoms. The molecule has 0 aliphatic heterocycles. The lowest BCUT2D eigenvalue weighted by Gasteiger charge is -2.07. The summed E-state index contributed by atoms with van der Waals surface area (Å²) in [5.41, 5.74) is 3.32. The van der Waals surface area contributed by atoms with Crippen LogP contribution in [0.1, 0.15) is 5.56 Å². The van der Waals surface area contributed by atoms with Crippen LogP contribution in [0.25, 0.3) is 0 Å². The highest BCUT2D eigenvalue weighted by Gasteiger charge is 2.08. The Morgan fingerprint density at radius 1 is 1.38 bits per heavy atom. The Kier molecular flexibility index (Phi) is 6.14. The molecule has 2 aromatic rings. The Labute approximate surface area is 146 Å². The zero-order valence-electron chi connectivity index (χ0n) is 12.7. The van der Waals surface area contributed by atoms with E-state index in [0.717, 1.165) is 0 Å². The number of amides is 1. The molecule has 0 fully saturated rings. The largest absolute Gasteiger partial charge is 0.504 e. The van der Waals surface area contributed by atoms with E-state index in [2.05, 4.69) is 31.8 Å². The van der Waals surface area contributed by atoms with E-state index in [1.165, 1.54) is 37.6 Å². The molecule has 1 amide bonds. The number of methoxy groups -OCH3 is 1. The summed E-state index contributed by atoms with van der Waals surface area (Å²) in [4.78, 5) is 11.7. The van der Waals surface area contributed by atoms with Crippen LogP contribution in [-0.4, -0.2) is 30.9 Å².